The number of nitrogens with zero attached hydrogens (tertiary/aromatic N) is 3. The van der Waals surface area contributed by atoms with Gasteiger partial charge in [0.25, 0.3) is 0 Å². The monoisotopic (exact) mass is 361 g/mol. The Labute approximate surface area is 157 Å². The molecule has 8 atom stereocenters. The number of rotatable bonds is 4. The number of hydrogen-bond donors (Lipinski definition) is 1. The summed E-state index contributed by atoms with van der Waals surface area (Å²) in [6.45, 7) is 3.67. The molecule has 0 spiro atoms. The molecule has 0 bridgehead atoms. The second-order valence-electron chi connectivity index (χ2n) is 10.1. The number of fused-ring (bicyclic) bond motifs is 5. The van der Waals surface area contributed by atoms with E-state index in [0.29, 0.717) is 30.4 Å². The van der Waals surface area contributed by atoms with E-state index in [0.717, 1.165) is 36.5 Å². The van der Waals surface area contributed by atoms with Crippen LogP contribution in [-0.2, 0) is 4.74 Å². The molecule has 0 aromatic rings. The van der Waals surface area contributed by atoms with Crippen LogP contribution in [-0.4, -0.2) is 31.0 Å². The Morgan fingerprint density at radius 3 is 2.65 bits per heavy atom. The van der Waals surface area contributed by atoms with Crippen LogP contribution in [0.4, 0.5) is 0 Å². The maximum atomic E-state index is 10.8. The highest BCUT2D eigenvalue weighted by Crippen LogP contribution is 2.64. The molecule has 4 aliphatic rings. The second kappa shape index (κ2) is 7.00. The van der Waals surface area contributed by atoms with E-state index in [1.807, 2.05) is 0 Å². The maximum absolute atomic E-state index is 10.8. The fourth-order valence-electron chi connectivity index (χ4n) is 7.91. The Morgan fingerprint density at radius 2 is 1.88 bits per heavy atom. The molecule has 0 unspecified atom stereocenters. The molecular weight excluding hydrogens is 326 g/mol. The Kier molecular flexibility index (Phi) is 5.00. The summed E-state index contributed by atoms with van der Waals surface area (Å²) in [4.78, 5) is 3.02. The third-order valence-electron chi connectivity index (χ3n) is 9.08. The van der Waals surface area contributed by atoms with Gasteiger partial charge in [0.1, 0.15) is 0 Å². The van der Waals surface area contributed by atoms with E-state index in [1.54, 1.807) is 7.11 Å². The Balaban J connectivity index is 1.48. The number of methoxy groups -OCH3 is 1. The van der Waals surface area contributed by atoms with Gasteiger partial charge in [-0.1, -0.05) is 12.0 Å². The van der Waals surface area contributed by atoms with E-state index in [4.69, 9.17) is 10.3 Å². The lowest BCUT2D eigenvalue weighted by atomic mass is 9.49. The van der Waals surface area contributed by atoms with Gasteiger partial charge in [-0.25, -0.2) is 0 Å². The van der Waals surface area contributed by atoms with Crippen LogP contribution in [0.3, 0.4) is 0 Å². The van der Waals surface area contributed by atoms with E-state index >= 15 is 0 Å². The lowest BCUT2D eigenvalue weighted by Gasteiger charge is -2.57. The third-order valence-corrected chi connectivity index (χ3v) is 9.08. The molecule has 0 saturated heterocycles. The number of hydrogen-bond acceptors (Lipinski definition) is 3. The largest absolute Gasteiger partial charge is 0.387 e. The lowest BCUT2D eigenvalue weighted by molar-refractivity contribution is -0.124. The zero-order valence-electron chi connectivity index (χ0n) is 16.4. The normalized spacial score (nSPS) is 50.3. The van der Waals surface area contributed by atoms with Crippen molar-refractivity contribution in [3.8, 4) is 0 Å². The van der Waals surface area contributed by atoms with Crippen molar-refractivity contribution in [2.24, 2.45) is 46.0 Å². The first kappa shape index (κ1) is 18.6. The SMILES string of the molecule is COC[C@@]1(O)CC[C@H]2[C@H](CC[C@@H]3[C@@H]2CC[C@]2(C)[C@@H](CN=[N+]=[N-])CC[C@@H]32)C1. The van der Waals surface area contributed by atoms with E-state index < -0.39 is 5.60 Å². The van der Waals surface area contributed by atoms with E-state index in [9.17, 15) is 5.11 Å². The summed E-state index contributed by atoms with van der Waals surface area (Å²) in [7, 11) is 1.70. The Bertz CT molecular complexity index is 578. The molecule has 0 aliphatic heterocycles. The molecule has 0 aromatic heterocycles. The van der Waals surface area contributed by atoms with Crippen molar-refractivity contribution >= 4 is 0 Å². The predicted octanol–water partition coefficient (Wildman–Crippen LogP) is 4.94. The van der Waals surface area contributed by atoms with Crippen molar-refractivity contribution in [3.05, 3.63) is 10.4 Å². The summed E-state index contributed by atoms with van der Waals surface area (Å²) in [6.07, 6.45) is 10.9. The van der Waals surface area contributed by atoms with Gasteiger partial charge in [-0.2, -0.15) is 0 Å². The van der Waals surface area contributed by atoms with Crippen LogP contribution in [0.15, 0.2) is 5.11 Å². The molecule has 0 aromatic carbocycles. The summed E-state index contributed by atoms with van der Waals surface area (Å²) in [5.41, 5.74) is 8.53. The number of ether oxygens (including phenoxy) is 1. The molecule has 5 nitrogen and oxygen atoms in total. The molecule has 4 saturated carbocycles. The summed E-state index contributed by atoms with van der Waals surface area (Å²) in [6, 6.07) is 0. The Morgan fingerprint density at radius 1 is 1.08 bits per heavy atom. The van der Waals surface area contributed by atoms with Gasteiger partial charge in [0.15, 0.2) is 0 Å². The first-order chi connectivity index (χ1) is 12.5. The molecule has 4 rings (SSSR count). The van der Waals surface area contributed by atoms with Crippen LogP contribution in [0.1, 0.15) is 64.7 Å². The molecule has 0 radical (unpaired) electrons. The third kappa shape index (κ3) is 2.96. The predicted molar refractivity (Wildman–Crippen MR) is 101 cm³/mol. The van der Waals surface area contributed by atoms with Crippen LogP contribution in [0.2, 0.25) is 0 Å². The molecule has 26 heavy (non-hydrogen) atoms. The average Bonchev–Trinajstić information content (AvgIpc) is 2.96. The Hall–Kier alpha value is -0.770. The summed E-state index contributed by atoms with van der Waals surface area (Å²) < 4.78 is 5.30. The molecule has 5 heteroatoms. The van der Waals surface area contributed by atoms with Crippen LogP contribution in [0.25, 0.3) is 10.4 Å². The minimum absolute atomic E-state index is 0.383. The minimum Gasteiger partial charge on any atom is -0.387 e. The number of azide groups is 1. The molecule has 0 amide bonds. The highest BCUT2D eigenvalue weighted by atomic mass is 16.5. The highest BCUT2D eigenvalue weighted by Gasteiger charge is 2.57. The van der Waals surface area contributed by atoms with Gasteiger partial charge in [-0.3, -0.25) is 0 Å². The van der Waals surface area contributed by atoms with Gasteiger partial charge in [-0.15, -0.1) is 0 Å². The van der Waals surface area contributed by atoms with Crippen LogP contribution >= 0.6 is 0 Å². The van der Waals surface area contributed by atoms with E-state index in [2.05, 4.69) is 16.9 Å². The standard InChI is InChI=1S/C21H35N3O2/c1-20-9-7-17-16-8-10-21(25,13-26-2)11-14(16)3-5-18(17)19(20)6-4-15(20)12-23-24-22/h14-19,25H,3-13H2,1-2H3/t14-,15-,16+,17-,18-,19+,20-,21-/m1/s1. The van der Waals surface area contributed by atoms with E-state index in [1.165, 1.54) is 44.9 Å². The zero-order valence-corrected chi connectivity index (χ0v) is 16.4. The van der Waals surface area contributed by atoms with Crippen LogP contribution in [0.5, 0.6) is 0 Å². The van der Waals surface area contributed by atoms with Gasteiger partial charge in [0, 0.05) is 18.6 Å². The van der Waals surface area contributed by atoms with Crippen LogP contribution < -0.4 is 0 Å². The van der Waals surface area contributed by atoms with Crippen molar-refractivity contribution < 1.29 is 9.84 Å². The second-order valence-corrected chi connectivity index (χ2v) is 10.1. The molecular formula is C21H35N3O2. The van der Waals surface area contributed by atoms with Gasteiger partial charge in [0.2, 0.25) is 0 Å². The molecule has 4 aliphatic carbocycles. The molecule has 1 N–H and O–H groups in total. The van der Waals surface area contributed by atoms with Crippen LogP contribution in [0, 0.1) is 40.9 Å². The smallest absolute Gasteiger partial charge is 0.0882 e. The number of aliphatic hydroxyl groups is 1. The van der Waals surface area contributed by atoms with Gasteiger partial charge in [-0.05, 0) is 104 Å². The molecule has 0 heterocycles. The van der Waals surface area contributed by atoms with Crippen molar-refractivity contribution in [1.29, 1.82) is 0 Å². The fourth-order valence-corrected chi connectivity index (χ4v) is 7.91. The molecule has 146 valence electrons. The minimum atomic E-state index is -0.584. The maximum Gasteiger partial charge on any atom is 0.0882 e. The van der Waals surface area contributed by atoms with Crippen molar-refractivity contribution in [2.75, 3.05) is 20.3 Å². The van der Waals surface area contributed by atoms with Gasteiger partial charge >= 0.3 is 0 Å². The lowest BCUT2D eigenvalue weighted by Crippen LogP contribution is -2.52. The average molecular weight is 362 g/mol. The van der Waals surface area contributed by atoms with E-state index in [-0.39, 0.29) is 0 Å². The highest BCUT2D eigenvalue weighted by molar-refractivity contribution is 5.07. The summed E-state index contributed by atoms with van der Waals surface area (Å²) in [5, 5.41) is 14.8. The first-order valence-electron chi connectivity index (χ1n) is 10.7. The van der Waals surface area contributed by atoms with Crippen molar-refractivity contribution in [3.63, 3.8) is 0 Å². The fraction of sp³-hybridized carbons (Fsp3) is 1.00. The molecule has 4 fully saturated rings. The van der Waals surface area contributed by atoms with Crippen molar-refractivity contribution in [1.82, 2.24) is 0 Å². The van der Waals surface area contributed by atoms with Gasteiger partial charge in [0.05, 0.1) is 12.2 Å². The van der Waals surface area contributed by atoms with Crippen molar-refractivity contribution in [2.45, 2.75) is 70.3 Å². The quantitative estimate of drug-likeness (QED) is 0.437. The van der Waals surface area contributed by atoms with Gasteiger partial charge < -0.3 is 9.84 Å². The summed E-state index contributed by atoms with van der Waals surface area (Å²) >= 11 is 0. The first-order valence-corrected chi connectivity index (χ1v) is 10.7. The topological polar surface area (TPSA) is 78.2 Å². The zero-order chi connectivity index (χ0) is 18.4. The summed E-state index contributed by atoms with van der Waals surface area (Å²) in [5.74, 6) is 4.62.